The highest BCUT2D eigenvalue weighted by atomic mass is 32.2. The Morgan fingerprint density at radius 3 is 2.47 bits per heavy atom. The monoisotopic (exact) mass is 426 g/mol. The molecule has 0 spiro atoms. The fraction of sp³-hybridized carbons (Fsp3) is 0.348. The number of H-pyrrole nitrogens is 1. The summed E-state index contributed by atoms with van der Waals surface area (Å²) in [6.45, 7) is 0.0548. The molecule has 0 aliphatic heterocycles. The van der Waals surface area contributed by atoms with Gasteiger partial charge in [-0.05, 0) is 48.6 Å². The van der Waals surface area contributed by atoms with Crippen LogP contribution >= 0.6 is 0 Å². The van der Waals surface area contributed by atoms with E-state index in [2.05, 4.69) is 4.98 Å². The summed E-state index contributed by atoms with van der Waals surface area (Å²) in [6, 6.07) is 15.6. The maximum atomic E-state index is 13.5. The van der Waals surface area contributed by atoms with Crippen LogP contribution in [0.1, 0.15) is 37.7 Å². The zero-order valence-corrected chi connectivity index (χ0v) is 17.8. The van der Waals surface area contributed by atoms with Crippen LogP contribution in [0.5, 0.6) is 5.75 Å². The largest absolute Gasteiger partial charge is 0.497 e. The van der Waals surface area contributed by atoms with Crippen molar-refractivity contribution in [3.8, 4) is 5.75 Å². The number of aromatic nitrogens is 1. The summed E-state index contributed by atoms with van der Waals surface area (Å²) in [5.74, 6) is 0.654. The van der Waals surface area contributed by atoms with Crippen molar-refractivity contribution >= 4 is 20.9 Å². The molecule has 0 unspecified atom stereocenters. The fourth-order valence-corrected chi connectivity index (χ4v) is 5.83. The average molecular weight is 427 g/mol. The summed E-state index contributed by atoms with van der Waals surface area (Å²) in [5.41, 5.74) is 0.829. The van der Waals surface area contributed by atoms with E-state index < -0.39 is 10.0 Å². The van der Waals surface area contributed by atoms with Gasteiger partial charge in [-0.25, -0.2) is 8.42 Å². The summed E-state index contributed by atoms with van der Waals surface area (Å²) in [6.07, 6.45) is 4.75. The Bertz CT molecular complexity index is 1180. The molecule has 0 saturated heterocycles. The quantitative estimate of drug-likeness (QED) is 0.645. The minimum atomic E-state index is -3.72. The van der Waals surface area contributed by atoms with Gasteiger partial charge >= 0.3 is 0 Å². The van der Waals surface area contributed by atoms with E-state index in [-0.39, 0.29) is 23.0 Å². The lowest BCUT2D eigenvalue weighted by atomic mass is 9.95. The summed E-state index contributed by atoms with van der Waals surface area (Å²) >= 11 is 0. The van der Waals surface area contributed by atoms with E-state index in [1.165, 1.54) is 4.31 Å². The predicted octanol–water partition coefficient (Wildman–Crippen LogP) is 4.06. The molecule has 0 amide bonds. The first-order valence-electron chi connectivity index (χ1n) is 10.3. The van der Waals surface area contributed by atoms with E-state index in [0.29, 0.717) is 16.8 Å². The SMILES string of the molecule is COc1ccc2cc(CN(C3CCCCC3)S(=O)(=O)c3ccccc3)c(=O)[nH]c2c1. The van der Waals surface area contributed by atoms with Gasteiger partial charge in [0.1, 0.15) is 5.75 Å². The van der Waals surface area contributed by atoms with Crippen molar-refractivity contribution in [3.05, 3.63) is 70.5 Å². The van der Waals surface area contributed by atoms with E-state index in [4.69, 9.17) is 4.74 Å². The molecule has 0 radical (unpaired) electrons. The maximum absolute atomic E-state index is 13.5. The number of fused-ring (bicyclic) bond motifs is 1. The highest BCUT2D eigenvalue weighted by molar-refractivity contribution is 7.89. The molecule has 30 heavy (non-hydrogen) atoms. The van der Waals surface area contributed by atoms with Gasteiger partial charge in [-0.1, -0.05) is 37.5 Å². The summed E-state index contributed by atoms with van der Waals surface area (Å²) in [4.78, 5) is 15.9. The first-order chi connectivity index (χ1) is 14.5. The standard InChI is InChI=1S/C23H26N2O4S/c1-29-20-13-12-17-14-18(23(26)24-22(17)15-20)16-25(19-8-4-2-5-9-19)30(27,28)21-10-6-3-7-11-21/h3,6-7,10-15,19H,2,4-5,8-9,16H2,1H3,(H,24,26). The Balaban J connectivity index is 1.75. The van der Waals surface area contributed by atoms with Gasteiger partial charge in [-0.15, -0.1) is 0 Å². The Kier molecular flexibility index (Phi) is 5.92. The predicted molar refractivity (Wildman–Crippen MR) is 117 cm³/mol. The third kappa shape index (κ3) is 4.13. The van der Waals surface area contributed by atoms with Gasteiger partial charge in [-0.2, -0.15) is 4.31 Å². The van der Waals surface area contributed by atoms with E-state index in [9.17, 15) is 13.2 Å². The lowest BCUT2D eigenvalue weighted by molar-refractivity contribution is 0.247. The van der Waals surface area contributed by atoms with Crippen LogP contribution in [0, 0.1) is 0 Å². The third-order valence-corrected chi connectivity index (χ3v) is 7.70. The topological polar surface area (TPSA) is 79.5 Å². The van der Waals surface area contributed by atoms with Crippen LogP contribution in [0.25, 0.3) is 10.9 Å². The Morgan fingerprint density at radius 2 is 1.77 bits per heavy atom. The number of rotatable bonds is 6. The molecule has 6 nitrogen and oxygen atoms in total. The lowest BCUT2D eigenvalue weighted by Crippen LogP contribution is -2.42. The first-order valence-corrected chi connectivity index (χ1v) is 11.7. The smallest absolute Gasteiger partial charge is 0.252 e. The molecule has 1 aromatic heterocycles. The Labute approximate surface area is 176 Å². The molecule has 0 bridgehead atoms. The second-order valence-corrected chi connectivity index (χ2v) is 9.62. The van der Waals surface area contributed by atoms with E-state index in [1.807, 2.05) is 12.1 Å². The van der Waals surface area contributed by atoms with Crippen LogP contribution in [0.15, 0.2) is 64.3 Å². The van der Waals surface area contributed by atoms with Crippen molar-refractivity contribution in [3.63, 3.8) is 0 Å². The summed E-state index contributed by atoms with van der Waals surface area (Å²) in [5, 5.41) is 0.839. The van der Waals surface area contributed by atoms with Gasteiger partial charge in [0.2, 0.25) is 10.0 Å². The molecule has 0 atom stereocenters. The minimum Gasteiger partial charge on any atom is -0.497 e. The van der Waals surface area contributed by atoms with Crippen LogP contribution in [-0.4, -0.2) is 30.9 Å². The zero-order valence-electron chi connectivity index (χ0n) is 17.0. The number of aromatic amines is 1. The molecule has 3 aromatic rings. The number of ether oxygens (including phenoxy) is 1. The molecule has 4 rings (SSSR count). The van der Waals surface area contributed by atoms with Crippen LogP contribution in [0.4, 0.5) is 0 Å². The third-order valence-electron chi connectivity index (χ3n) is 5.79. The van der Waals surface area contributed by atoms with Crippen LogP contribution in [-0.2, 0) is 16.6 Å². The second kappa shape index (κ2) is 8.62. The van der Waals surface area contributed by atoms with E-state index in [1.54, 1.807) is 49.6 Å². The number of nitrogens with one attached hydrogen (secondary N) is 1. The number of nitrogens with zero attached hydrogens (tertiary/aromatic N) is 1. The average Bonchev–Trinajstić information content (AvgIpc) is 2.78. The van der Waals surface area contributed by atoms with Gasteiger partial charge in [0.05, 0.1) is 17.5 Å². The van der Waals surface area contributed by atoms with Crippen molar-refractivity contribution in [1.29, 1.82) is 0 Å². The number of sulfonamides is 1. The summed E-state index contributed by atoms with van der Waals surface area (Å²) < 4.78 is 33.7. The number of methoxy groups -OCH3 is 1. The Morgan fingerprint density at radius 1 is 1.03 bits per heavy atom. The molecule has 1 heterocycles. The molecule has 1 fully saturated rings. The molecule has 1 aliphatic carbocycles. The molecule has 2 aromatic carbocycles. The minimum absolute atomic E-state index is 0.0548. The zero-order chi connectivity index (χ0) is 21.1. The van der Waals surface area contributed by atoms with Crippen molar-refractivity contribution in [2.45, 2.75) is 49.6 Å². The molecule has 1 aliphatic rings. The van der Waals surface area contributed by atoms with Crippen molar-refractivity contribution in [1.82, 2.24) is 9.29 Å². The van der Waals surface area contributed by atoms with Crippen molar-refractivity contribution in [2.75, 3.05) is 7.11 Å². The van der Waals surface area contributed by atoms with Gasteiger partial charge in [0.25, 0.3) is 5.56 Å². The molecule has 1 N–H and O–H groups in total. The van der Waals surface area contributed by atoms with Crippen LogP contribution in [0.2, 0.25) is 0 Å². The van der Waals surface area contributed by atoms with Crippen molar-refractivity contribution in [2.24, 2.45) is 0 Å². The molecule has 158 valence electrons. The maximum Gasteiger partial charge on any atom is 0.252 e. The lowest BCUT2D eigenvalue weighted by Gasteiger charge is -2.33. The summed E-state index contributed by atoms with van der Waals surface area (Å²) in [7, 11) is -2.15. The van der Waals surface area contributed by atoms with Gasteiger partial charge in [0, 0.05) is 24.2 Å². The number of pyridine rings is 1. The van der Waals surface area contributed by atoms with E-state index in [0.717, 1.165) is 37.5 Å². The molecule has 7 heteroatoms. The van der Waals surface area contributed by atoms with Gasteiger partial charge in [0.15, 0.2) is 0 Å². The number of hydrogen-bond acceptors (Lipinski definition) is 4. The van der Waals surface area contributed by atoms with Crippen molar-refractivity contribution < 1.29 is 13.2 Å². The van der Waals surface area contributed by atoms with Gasteiger partial charge < -0.3 is 9.72 Å². The van der Waals surface area contributed by atoms with E-state index >= 15 is 0 Å². The first kappa shape index (κ1) is 20.6. The molecule has 1 saturated carbocycles. The highest BCUT2D eigenvalue weighted by Crippen LogP contribution is 2.29. The number of benzene rings is 2. The molecular weight excluding hydrogens is 400 g/mol. The highest BCUT2D eigenvalue weighted by Gasteiger charge is 2.33. The van der Waals surface area contributed by atoms with Crippen LogP contribution in [0.3, 0.4) is 0 Å². The second-order valence-electron chi connectivity index (χ2n) is 7.73. The molecular formula is C23H26N2O4S. The van der Waals surface area contributed by atoms with Crippen LogP contribution < -0.4 is 10.3 Å². The Hall–Kier alpha value is -2.64. The van der Waals surface area contributed by atoms with Gasteiger partial charge in [-0.3, -0.25) is 4.79 Å². The number of hydrogen-bond donors (Lipinski definition) is 1. The fourth-order valence-electron chi connectivity index (χ4n) is 4.14. The normalized spacial score (nSPS) is 15.5.